The van der Waals surface area contributed by atoms with E-state index in [4.69, 9.17) is 4.74 Å². The number of hydrogen-bond acceptors (Lipinski definition) is 2. The minimum atomic E-state index is -0.293. The molecule has 3 aromatic carbocycles. The van der Waals surface area contributed by atoms with E-state index < -0.39 is 0 Å². The highest BCUT2D eigenvalue weighted by atomic mass is 19.1. The van der Waals surface area contributed by atoms with Crippen molar-refractivity contribution in [2.75, 3.05) is 7.11 Å². The molecule has 1 N–H and O–H groups in total. The van der Waals surface area contributed by atoms with Crippen molar-refractivity contribution < 1.29 is 14.2 Å². The molecule has 0 spiro atoms. The van der Waals surface area contributed by atoms with Crippen molar-refractivity contribution in [1.82, 2.24) is 0 Å². The lowest BCUT2D eigenvalue weighted by molar-refractivity contribution is 0.415. The molecule has 2 nitrogen and oxygen atoms in total. The van der Waals surface area contributed by atoms with Crippen LogP contribution in [0.25, 0.3) is 22.3 Å². The number of halogens is 1. The third kappa shape index (κ3) is 2.79. The third-order valence-corrected chi connectivity index (χ3v) is 3.57. The first kappa shape index (κ1) is 14.1. The van der Waals surface area contributed by atoms with Gasteiger partial charge in [-0.15, -0.1) is 0 Å². The second-order valence-electron chi connectivity index (χ2n) is 4.97. The lowest BCUT2D eigenvalue weighted by Crippen LogP contribution is -1.87. The van der Waals surface area contributed by atoms with Crippen LogP contribution in [0.5, 0.6) is 11.5 Å². The molecule has 0 heterocycles. The molecule has 0 aliphatic heterocycles. The zero-order valence-corrected chi connectivity index (χ0v) is 12.1. The van der Waals surface area contributed by atoms with Gasteiger partial charge in [-0.3, -0.25) is 0 Å². The van der Waals surface area contributed by atoms with Crippen LogP contribution in [-0.4, -0.2) is 12.2 Å². The zero-order chi connectivity index (χ0) is 15.5. The van der Waals surface area contributed by atoms with Crippen molar-refractivity contribution >= 4 is 0 Å². The van der Waals surface area contributed by atoms with Gasteiger partial charge in [-0.05, 0) is 47.0 Å². The number of phenolic OH excluding ortho intramolecular Hbond substituents is 1. The van der Waals surface area contributed by atoms with Crippen LogP contribution >= 0.6 is 0 Å². The van der Waals surface area contributed by atoms with Crippen LogP contribution in [0.1, 0.15) is 0 Å². The Kier molecular flexibility index (Phi) is 3.79. The Bertz CT molecular complexity index is 778. The highest BCUT2D eigenvalue weighted by Gasteiger charge is 2.07. The van der Waals surface area contributed by atoms with Crippen LogP contribution in [-0.2, 0) is 0 Å². The first-order valence-electron chi connectivity index (χ1n) is 6.91. The molecular weight excluding hydrogens is 279 g/mol. The van der Waals surface area contributed by atoms with Crippen LogP contribution in [0, 0.1) is 5.82 Å². The van der Waals surface area contributed by atoms with Gasteiger partial charge in [-0.25, -0.2) is 4.39 Å². The van der Waals surface area contributed by atoms with Gasteiger partial charge in [0.05, 0.1) is 7.11 Å². The number of aromatic hydroxyl groups is 1. The summed E-state index contributed by atoms with van der Waals surface area (Å²) in [5.41, 5.74) is 2.98. The first-order chi connectivity index (χ1) is 10.7. The Morgan fingerprint density at radius 1 is 0.773 bits per heavy atom. The molecule has 0 atom stereocenters. The maximum atomic E-state index is 14.4. The van der Waals surface area contributed by atoms with E-state index in [1.807, 2.05) is 30.3 Å². The molecule has 0 saturated heterocycles. The van der Waals surface area contributed by atoms with Gasteiger partial charge >= 0.3 is 0 Å². The Labute approximate surface area is 128 Å². The Morgan fingerprint density at radius 2 is 1.36 bits per heavy atom. The third-order valence-electron chi connectivity index (χ3n) is 3.57. The van der Waals surface area contributed by atoms with Crippen LogP contribution in [0.15, 0.2) is 66.7 Å². The monoisotopic (exact) mass is 294 g/mol. The summed E-state index contributed by atoms with van der Waals surface area (Å²) in [7, 11) is 1.61. The molecule has 22 heavy (non-hydrogen) atoms. The van der Waals surface area contributed by atoms with E-state index in [2.05, 4.69) is 0 Å². The topological polar surface area (TPSA) is 29.5 Å². The van der Waals surface area contributed by atoms with Crippen molar-refractivity contribution in [3.8, 4) is 33.8 Å². The lowest BCUT2D eigenvalue weighted by atomic mass is 9.99. The molecule has 0 unspecified atom stereocenters. The molecule has 0 aliphatic rings. The predicted octanol–water partition coefficient (Wildman–Crippen LogP) is 4.87. The number of methoxy groups -OCH3 is 1. The molecule has 0 saturated carbocycles. The second kappa shape index (κ2) is 5.90. The van der Waals surface area contributed by atoms with Gasteiger partial charge in [-0.1, -0.05) is 36.4 Å². The van der Waals surface area contributed by atoms with Crippen molar-refractivity contribution in [1.29, 1.82) is 0 Å². The average Bonchev–Trinajstić information content (AvgIpc) is 2.56. The minimum Gasteiger partial charge on any atom is -0.508 e. The Hall–Kier alpha value is -2.81. The fraction of sp³-hybridized carbons (Fsp3) is 0.0526. The molecule has 3 rings (SSSR count). The van der Waals surface area contributed by atoms with E-state index in [1.165, 1.54) is 6.07 Å². The summed E-state index contributed by atoms with van der Waals surface area (Å²) in [5.74, 6) is 0.642. The molecule has 0 bridgehead atoms. The van der Waals surface area contributed by atoms with Crippen LogP contribution in [0.4, 0.5) is 4.39 Å². The van der Waals surface area contributed by atoms with Gasteiger partial charge in [0, 0.05) is 5.56 Å². The van der Waals surface area contributed by atoms with Crippen molar-refractivity contribution in [3.05, 3.63) is 72.5 Å². The smallest absolute Gasteiger partial charge is 0.131 e. The maximum absolute atomic E-state index is 14.4. The minimum absolute atomic E-state index is 0.166. The Morgan fingerprint density at radius 3 is 1.95 bits per heavy atom. The fourth-order valence-electron chi connectivity index (χ4n) is 2.35. The zero-order valence-electron chi connectivity index (χ0n) is 12.1. The lowest BCUT2D eigenvalue weighted by Gasteiger charge is -2.08. The second-order valence-corrected chi connectivity index (χ2v) is 4.97. The summed E-state index contributed by atoms with van der Waals surface area (Å²) >= 11 is 0. The molecule has 0 fully saturated rings. The summed E-state index contributed by atoms with van der Waals surface area (Å²) in [6.07, 6.45) is 0. The van der Waals surface area contributed by atoms with E-state index in [0.717, 1.165) is 22.4 Å². The predicted molar refractivity (Wildman–Crippen MR) is 85.5 cm³/mol. The normalized spacial score (nSPS) is 10.5. The first-order valence-corrected chi connectivity index (χ1v) is 6.91. The quantitative estimate of drug-likeness (QED) is 0.746. The highest BCUT2D eigenvalue weighted by Crippen LogP contribution is 2.29. The maximum Gasteiger partial charge on any atom is 0.131 e. The van der Waals surface area contributed by atoms with Gasteiger partial charge in [0.15, 0.2) is 0 Å². The van der Waals surface area contributed by atoms with Crippen LogP contribution in [0.2, 0.25) is 0 Å². The van der Waals surface area contributed by atoms with E-state index in [9.17, 15) is 9.50 Å². The molecule has 110 valence electrons. The molecule has 0 aliphatic carbocycles. The number of phenols is 1. The summed E-state index contributed by atoms with van der Waals surface area (Å²) in [6.45, 7) is 0. The SMILES string of the molecule is COc1ccc(-c2ccc(-c3ccc(O)cc3)c(F)c2)cc1. The largest absolute Gasteiger partial charge is 0.508 e. The molecule has 0 amide bonds. The summed E-state index contributed by atoms with van der Waals surface area (Å²) < 4.78 is 19.5. The van der Waals surface area contributed by atoms with Gasteiger partial charge in [0.2, 0.25) is 0 Å². The van der Waals surface area contributed by atoms with Crippen molar-refractivity contribution in [2.24, 2.45) is 0 Å². The number of rotatable bonds is 3. The molecule has 3 heteroatoms. The molecule has 0 aromatic heterocycles. The Balaban J connectivity index is 1.96. The molecule has 0 radical (unpaired) electrons. The number of benzene rings is 3. The van der Waals surface area contributed by atoms with E-state index in [0.29, 0.717) is 5.56 Å². The number of ether oxygens (including phenoxy) is 1. The molecule has 3 aromatic rings. The average molecular weight is 294 g/mol. The van der Waals surface area contributed by atoms with E-state index in [-0.39, 0.29) is 11.6 Å². The number of hydrogen-bond donors (Lipinski definition) is 1. The van der Waals surface area contributed by atoms with Crippen molar-refractivity contribution in [2.45, 2.75) is 0 Å². The summed E-state index contributed by atoms with van der Waals surface area (Å²) in [4.78, 5) is 0. The fourth-order valence-corrected chi connectivity index (χ4v) is 2.35. The van der Waals surface area contributed by atoms with Crippen molar-refractivity contribution in [3.63, 3.8) is 0 Å². The van der Waals surface area contributed by atoms with E-state index >= 15 is 0 Å². The standard InChI is InChI=1S/C19H15FO2/c1-22-17-9-4-13(5-10-17)15-6-11-18(19(20)12-15)14-2-7-16(21)8-3-14/h2-12,21H,1H3. The van der Waals surface area contributed by atoms with Crippen LogP contribution < -0.4 is 4.74 Å². The van der Waals surface area contributed by atoms with Gasteiger partial charge in [0.1, 0.15) is 17.3 Å². The molecular formula is C19H15FO2. The van der Waals surface area contributed by atoms with Gasteiger partial charge in [0.25, 0.3) is 0 Å². The summed E-state index contributed by atoms with van der Waals surface area (Å²) in [5, 5.41) is 9.30. The van der Waals surface area contributed by atoms with Gasteiger partial charge < -0.3 is 9.84 Å². The summed E-state index contributed by atoms with van der Waals surface area (Å²) in [6, 6.07) is 19.1. The highest BCUT2D eigenvalue weighted by molar-refractivity contribution is 5.71. The van der Waals surface area contributed by atoms with Crippen LogP contribution in [0.3, 0.4) is 0 Å². The van der Waals surface area contributed by atoms with Gasteiger partial charge in [-0.2, -0.15) is 0 Å². The van der Waals surface area contributed by atoms with E-state index in [1.54, 1.807) is 37.4 Å².